The smallest absolute Gasteiger partial charge is 0.258 e. The van der Waals surface area contributed by atoms with Crippen LogP contribution in [0.2, 0.25) is 0 Å². The van der Waals surface area contributed by atoms with Crippen LogP contribution in [0.3, 0.4) is 0 Å². The SMILES string of the molecule is CCOc1ccc(C=C2C(=O)N(C)c3ccccc32)c2ccccc12. The molecule has 0 aromatic heterocycles. The summed E-state index contributed by atoms with van der Waals surface area (Å²) in [6.07, 6.45) is 1.99. The second-order valence-corrected chi connectivity index (χ2v) is 6.07. The number of nitrogens with zero attached hydrogens (tertiary/aromatic N) is 1. The van der Waals surface area contributed by atoms with Gasteiger partial charge in [-0.3, -0.25) is 4.79 Å². The van der Waals surface area contributed by atoms with Gasteiger partial charge in [0, 0.05) is 23.6 Å². The third kappa shape index (κ3) is 2.49. The lowest BCUT2D eigenvalue weighted by Gasteiger charge is -2.10. The standard InChI is InChI=1S/C22H19NO2/c1-3-25-21-13-12-15(16-8-4-5-10-18(16)21)14-19-17-9-6-7-11-20(17)23(2)22(19)24/h4-14H,3H2,1-2H3. The van der Waals surface area contributed by atoms with E-state index in [1.54, 1.807) is 4.90 Å². The van der Waals surface area contributed by atoms with Gasteiger partial charge in [0.1, 0.15) is 5.75 Å². The van der Waals surface area contributed by atoms with Crippen LogP contribution in [0.5, 0.6) is 5.75 Å². The highest BCUT2D eigenvalue weighted by atomic mass is 16.5. The van der Waals surface area contributed by atoms with Crippen molar-refractivity contribution in [3.05, 3.63) is 71.8 Å². The molecule has 124 valence electrons. The second-order valence-electron chi connectivity index (χ2n) is 6.07. The summed E-state index contributed by atoms with van der Waals surface area (Å²) in [5.41, 5.74) is 3.68. The highest BCUT2D eigenvalue weighted by Crippen LogP contribution is 2.38. The molecule has 1 heterocycles. The van der Waals surface area contributed by atoms with E-state index in [0.717, 1.165) is 38.9 Å². The molecule has 1 amide bonds. The summed E-state index contributed by atoms with van der Waals surface area (Å²) in [6.45, 7) is 2.61. The number of hydrogen-bond donors (Lipinski definition) is 0. The minimum absolute atomic E-state index is 0.0270. The Bertz CT molecular complexity index is 1000. The predicted octanol–water partition coefficient (Wildman–Crippen LogP) is 4.76. The number of rotatable bonds is 3. The molecule has 3 aromatic carbocycles. The van der Waals surface area contributed by atoms with Crippen molar-refractivity contribution in [1.82, 2.24) is 0 Å². The fourth-order valence-electron chi connectivity index (χ4n) is 3.40. The van der Waals surface area contributed by atoms with Crippen LogP contribution in [0.1, 0.15) is 18.1 Å². The number of hydrogen-bond acceptors (Lipinski definition) is 2. The summed E-state index contributed by atoms with van der Waals surface area (Å²) in [4.78, 5) is 14.4. The maximum atomic E-state index is 12.7. The summed E-state index contributed by atoms with van der Waals surface area (Å²) >= 11 is 0. The van der Waals surface area contributed by atoms with E-state index in [1.807, 2.05) is 68.6 Å². The third-order valence-electron chi connectivity index (χ3n) is 4.61. The molecule has 0 fully saturated rings. The average molecular weight is 329 g/mol. The molecule has 0 spiro atoms. The number of para-hydroxylation sites is 1. The van der Waals surface area contributed by atoms with Crippen LogP contribution in [0, 0.1) is 0 Å². The number of ether oxygens (including phenoxy) is 1. The fourth-order valence-corrected chi connectivity index (χ4v) is 3.40. The highest BCUT2D eigenvalue weighted by molar-refractivity contribution is 6.36. The van der Waals surface area contributed by atoms with E-state index in [1.165, 1.54) is 0 Å². The molecule has 1 aliphatic heterocycles. The van der Waals surface area contributed by atoms with Crippen molar-refractivity contribution in [3.8, 4) is 5.75 Å². The summed E-state index contributed by atoms with van der Waals surface area (Å²) < 4.78 is 5.74. The quantitative estimate of drug-likeness (QED) is 0.649. The van der Waals surface area contributed by atoms with Crippen molar-refractivity contribution in [2.24, 2.45) is 0 Å². The van der Waals surface area contributed by atoms with Gasteiger partial charge in [0.2, 0.25) is 0 Å². The molecule has 0 unspecified atom stereocenters. The Hall–Kier alpha value is -3.07. The van der Waals surface area contributed by atoms with Crippen LogP contribution in [-0.2, 0) is 4.79 Å². The van der Waals surface area contributed by atoms with E-state index in [9.17, 15) is 4.79 Å². The Balaban J connectivity index is 1.91. The molecule has 0 saturated heterocycles. The molecule has 3 nitrogen and oxygen atoms in total. The molecular weight excluding hydrogens is 310 g/mol. The van der Waals surface area contributed by atoms with Crippen molar-refractivity contribution in [3.63, 3.8) is 0 Å². The van der Waals surface area contributed by atoms with Gasteiger partial charge >= 0.3 is 0 Å². The van der Waals surface area contributed by atoms with Gasteiger partial charge < -0.3 is 9.64 Å². The molecule has 0 aliphatic carbocycles. The minimum Gasteiger partial charge on any atom is -0.493 e. The number of likely N-dealkylation sites (N-methyl/N-ethyl adjacent to an activating group) is 1. The van der Waals surface area contributed by atoms with Crippen LogP contribution >= 0.6 is 0 Å². The van der Waals surface area contributed by atoms with Gasteiger partial charge in [0.05, 0.1) is 12.3 Å². The molecule has 0 radical (unpaired) electrons. The van der Waals surface area contributed by atoms with Gasteiger partial charge in [-0.05, 0) is 36.1 Å². The molecule has 3 aromatic rings. The summed E-state index contributed by atoms with van der Waals surface area (Å²) in [7, 11) is 1.82. The van der Waals surface area contributed by atoms with E-state index in [-0.39, 0.29) is 5.91 Å². The Morgan fingerprint density at radius 3 is 2.48 bits per heavy atom. The number of fused-ring (bicyclic) bond motifs is 2. The van der Waals surface area contributed by atoms with Gasteiger partial charge in [-0.15, -0.1) is 0 Å². The number of carbonyl (C=O) groups excluding carboxylic acids is 1. The van der Waals surface area contributed by atoms with Crippen LogP contribution in [0.25, 0.3) is 22.4 Å². The largest absolute Gasteiger partial charge is 0.493 e. The molecule has 0 saturated carbocycles. The van der Waals surface area contributed by atoms with Crippen molar-refractivity contribution in [2.45, 2.75) is 6.92 Å². The van der Waals surface area contributed by atoms with Crippen LogP contribution < -0.4 is 9.64 Å². The molecule has 1 aliphatic rings. The summed E-state index contributed by atoms with van der Waals surface area (Å²) in [5.74, 6) is 0.898. The van der Waals surface area contributed by atoms with E-state index in [0.29, 0.717) is 6.61 Å². The van der Waals surface area contributed by atoms with E-state index < -0.39 is 0 Å². The molecule has 25 heavy (non-hydrogen) atoms. The lowest BCUT2D eigenvalue weighted by Crippen LogP contribution is -2.20. The first-order chi connectivity index (χ1) is 12.2. The third-order valence-corrected chi connectivity index (χ3v) is 4.61. The maximum absolute atomic E-state index is 12.7. The Morgan fingerprint density at radius 2 is 1.68 bits per heavy atom. The predicted molar refractivity (Wildman–Crippen MR) is 103 cm³/mol. The lowest BCUT2D eigenvalue weighted by molar-refractivity contribution is -0.112. The number of carbonyl (C=O) groups is 1. The number of amides is 1. The number of benzene rings is 3. The van der Waals surface area contributed by atoms with Gasteiger partial charge in [0.25, 0.3) is 5.91 Å². The summed E-state index contributed by atoms with van der Waals surface area (Å²) in [6, 6.07) is 20.0. The first kappa shape index (κ1) is 15.5. The Morgan fingerprint density at radius 1 is 0.960 bits per heavy atom. The monoisotopic (exact) mass is 329 g/mol. The van der Waals surface area contributed by atoms with Crippen molar-refractivity contribution in [2.75, 3.05) is 18.6 Å². The summed E-state index contributed by atoms with van der Waals surface area (Å²) in [5, 5.41) is 2.14. The first-order valence-corrected chi connectivity index (χ1v) is 8.44. The van der Waals surface area contributed by atoms with E-state index in [4.69, 9.17) is 4.74 Å². The Kier molecular flexibility index (Phi) is 3.77. The van der Waals surface area contributed by atoms with E-state index >= 15 is 0 Å². The van der Waals surface area contributed by atoms with Crippen LogP contribution in [0.4, 0.5) is 5.69 Å². The lowest BCUT2D eigenvalue weighted by atomic mass is 9.99. The van der Waals surface area contributed by atoms with E-state index in [2.05, 4.69) is 12.1 Å². The molecule has 3 heteroatoms. The topological polar surface area (TPSA) is 29.5 Å². The second kappa shape index (κ2) is 6.10. The van der Waals surface area contributed by atoms with Gasteiger partial charge in [-0.1, -0.05) is 48.5 Å². The zero-order valence-corrected chi connectivity index (χ0v) is 14.3. The van der Waals surface area contributed by atoms with Crippen molar-refractivity contribution < 1.29 is 9.53 Å². The number of anilines is 1. The minimum atomic E-state index is 0.0270. The Labute approximate surface area is 147 Å². The van der Waals surface area contributed by atoms with Crippen molar-refractivity contribution >= 4 is 34.0 Å². The zero-order valence-electron chi connectivity index (χ0n) is 14.3. The van der Waals surface area contributed by atoms with Crippen LogP contribution in [0.15, 0.2) is 60.7 Å². The molecule has 4 rings (SSSR count). The molecular formula is C22H19NO2. The van der Waals surface area contributed by atoms with Crippen molar-refractivity contribution in [1.29, 1.82) is 0 Å². The maximum Gasteiger partial charge on any atom is 0.258 e. The average Bonchev–Trinajstić information content (AvgIpc) is 2.89. The normalized spacial score (nSPS) is 15.0. The first-order valence-electron chi connectivity index (χ1n) is 8.44. The molecule has 0 N–H and O–H groups in total. The molecule has 0 bridgehead atoms. The van der Waals surface area contributed by atoms with Gasteiger partial charge in [0.15, 0.2) is 0 Å². The molecule has 0 atom stereocenters. The fraction of sp³-hybridized carbons (Fsp3) is 0.136. The van der Waals surface area contributed by atoms with Gasteiger partial charge in [-0.25, -0.2) is 0 Å². The zero-order chi connectivity index (χ0) is 17.4. The van der Waals surface area contributed by atoms with Crippen LogP contribution in [-0.4, -0.2) is 19.6 Å². The van der Waals surface area contributed by atoms with Gasteiger partial charge in [-0.2, -0.15) is 0 Å². The highest BCUT2D eigenvalue weighted by Gasteiger charge is 2.29.